The molecule has 0 fully saturated rings. The highest BCUT2D eigenvalue weighted by Crippen LogP contribution is 2.30. The Morgan fingerprint density at radius 1 is 0.800 bits per heavy atom. The minimum absolute atomic E-state index is 0.308. The molecule has 1 unspecified atom stereocenters. The van der Waals surface area contributed by atoms with Gasteiger partial charge in [0.1, 0.15) is 0 Å². The van der Waals surface area contributed by atoms with E-state index in [9.17, 15) is 0 Å². The highest BCUT2D eigenvalue weighted by molar-refractivity contribution is 5.39. The van der Waals surface area contributed by atoms with Gasteiger partial charge in [-0.1, -0.05) is 131 Å². The fraction of sp³-hybridized carbons (Fsp3) is 0.342. The lowest BCUT2D eigenvalue weighted by molar-refractivity contribution is 0.622. The molecule has 0 aliphatic rings. The Labute approximate surface area is 244 Å². The fourth-order valence-electron chi connectivity index (χ4n) is 4.73. The van der Waals surface area contributed by atoms with Crippen molar-refractivity contribution in [1.82, 2.24) is 9.55 Å². The molecule has 4 aromatic rings. The van der Waals surface area contributed by atoms with E-state index < -0.39 is 0 Å². The van der Waals surface area contributed by atoms with E-state index in [0.29, 0.717) is 11.8 Å². The lowest BCUT2D eigenvalue weighted by Gasteiger charge is -2.18. The molecule has 0 N–H and O–H groups in total. The molecule has 1 heterocycles. The van der Waals surface area contributed by atoms with Crippen LogP contribution in [0, 0.1) is 19.8 Å². The Balaban J connectivity index is 0.000000275. The summed E-state index contributed by atoms with van der Waals surface area (Å²) in [5, 5.41) is 0. The van der Waals surface area contributed by atoms with Gasteiger partial charge in [-0.2, -0.15) is 0 Å². The van der Waals surface area contributed by atoms with E-state index >= 15 is 0 Å². The van der Waals surface area contributed by atoms with Gasteiger partial charge >= 0.3 is 0 Å². The predicted octanol–water partition coefficient (Wildman–Crippen LogP) is 10.3. The monoisotopic (exact) mass is 534 g/mol. The zero-order chi connectivity index (χ0) is 29.7. The van der Waals surface area contributed by atoms with E-state index in [1.165, 1.54) is 50.4 Å². The summed E-state index contributed by atoms with van der Waals surface area (Å²) in [7, 11) is 0. The maximum absolute atomic E-state index is 4.62. The van der Waals surface area contributed by atoms with Crippen LogP contribution in [0.4, 0.5) is 0 Å². The summed E-state index contributed by atoms with van der Waals surface area (Å²) in [5.41, 5.74) is 11.6. The van der Waals surface area contributed by atoms with Gasteiger partial charge in [-0.05, 0) is 74.3 Å². The zero-order valence-electron chi connectivity index (χ0n) is 26.2. The Bertz CT molecular complexity index is 1290. The van der Waals surface area contributed by atoms with Crippen LogP contribution in [0.3, 0.4) is 0 Å². The van der Waals surface area contributed by atoms with E-state index in [4.69, 9.17) is 0 Å². The summed E-state index contributed by atoms with van der Waals surface area (Å²) in [6.45, 7) is 26.1. The molecule has 2 heteroatoms. The van der Waals surface area contributed by atoms with Gasteiger partial charge in [0.05, 0.1) is 12.0 Å². The van der Waals surface area contributed by atoms with Gasteiger partial charge in [-0.25, -0.2) is 4.98 Å². The first-order valence-electron chi connectivity index (χ1n) is 14.7. The summed E-state index contributed by atoms with van der Waals surface area (Å²) < 4.78 is 2.31. The first-order valence-corrected chi connectivity index (χ1v) is 14.7. The maximum Gasteiger partial charge on any atom is 0.0954 e. The van der Waals surface area contributed by atoms with Crippen LogP contribution in [0.5, 0.6) is 0 Å². The van der Waals surface area contributed by atoms with E-state index in [1.807, 2.05) is 32.3 Å². The Morgan fingerprint density at radius 3 is 1.80 bits per heavy atom. The standard InChI is InChI=1S/C20H28N2.C16H16.C2H6/c1-7-19-20(11-16(5)14(2)3)22(13-21-19)12-18-9-8-15(4)17(6)10-18;1-13(2)16(14-9-5-3-6-10-14)15-11-7-4-8-12-15;1-2/h8-10,13,16H,2,7,11-12H2,1,3-6H3;3-12,16H,1H2,2H3;1-2H3. The van der Waals surface area contributed by atoms with Gasteiger partial charge in [-0.3, -0.25) is 0 Å². The number of rotatable bonds is 9. The van der Waals surface area contributed by atoms with Crippen molar-refractivity contribution in [3.63, 3.8) is 0 Å². The molecule has 4 rings (SSSR count). The number of nitrogens with zero attached hydrogens (tertiary/aromatic N) is 2. The van der Waals surface area contributed by atoms with E-state index in [2.05, 4.69) is 131 Å². The molecule has 0 bridgehead atoms. The van der Waals surface area contributed by atoms with Crippen molar-refractivity contribution in [1.29, 1.82) is 0 Å². The molecular weight excluding hydrogens is 484 g/mol. The Kier molecular flexibility index (Phi) is 13.4. The van der Waals surface area contributed by atoms with Crippen molar-refractivity contribution in [2.24, 2.45) is 5.92 Å². The van der Waals surface area contributed by atoms with Crippen LogP contribution < -0.4 is 0 Å². The summed E-state index contributed by atoms with van der Waals surface area (Å²) in [5.74, 6) is 0.794. The number of aromatic nitrogens is 2. The minimum atomic E-state index is 0.308. The van der Waals surface area contributed by atoms with Crippen LogP contribution in [-0.2, 0) is 19.4 Å². The zero-order valence-corrected chi connectivity index (χ0v) is 26.2. The first kappa shape index (κ1) is 32.6. The van der Waals surface area contributed by atoms with Crippen molar-refractivity contribution in [2.45, 2.75) is 80.7 Å². The van der Waals surface area contributed by atoms with Crippen molar-refractivity contribution < 1.29 is 0 Å². The molecule has 3 aromatic carbocycles. The lowest BCUT2D eigenvalue weighted by atomic mass is 9.86. The third-order valence-corrected chi connectivity index (χ3v) is 7.39. The maximum atomic E-state index is 4.62. The summed E-state index contributed by atoms with van der Waals surface area (Å²) >= 11 is 0. The number of benzene rings is 3. The molecule has 212 valence electrons. The second kappa shape index (κ2) is 16.5. The fourth-order valence-corrected chi connectivity index (χ4v) is 4.73. The van der Waals surface area contributed by atoms with E-state index in [0.717, 1.165) is 19.4 Å². The second-order valence-corrected chi connectivity index (χ2v) is 10.6. The van der Waals surface area contributed by atoms with Crippen LogP contribution in [0.1, 0.15) is 86.7 Å². The summed E-state index contributed by atoms with van der Waals surface area (Å²) in [6, 6.07) is 27.8. The van der Waals surface area contributed by atoms with Gasteiger partial charge in [0.15, 0.2) is 0 Å². The molecule has 40 heavy (non-hydrogen) atoms. The van der Waals surface area contributed by atoms with Gasteiger partial charge in [-0.15, -0.1) is 0 Å². The number of allylic oxidation sites excluding steroid dienone is 2. The highest BCUT2D eigenvalue weighted by Gasteiger charge is 2.15. The van der Waals surface area contributed by atoms with Crippen molar-refractivity contribution in [3.8, 4) is 0 Å². The molecule has 0 amide bonds. The molecule has 0 radical (unpaired) electrons. The molecule has 2 nitrogen and oxygen atoms in total. The number of hydrogen-bond donors (Lipinski definition) is 0. The van der Waals surface area contributed by atoms with Gasteiger partial charge in [0.2, 0.25) is 0 Å². The SMILES string of the molecule is C=C(C)C(C)Cc1c(CC)ncn1Cc1ccc(C)c(C)c1.C=C(C)C(c1ccccc1)c1ccccc1.CC. The minimum Gasteiger partial charge on any atom is -0.330 e. The lowest BCUT2D eigenvalue weighted by Crippen LogP contribution is -2.10. The normalized spacial score (nSPS) is 11.1. The van der Waals surface area contributed by atoms with Crippen molar-refractivity contribution in [3.05, 3.63) is 149 Å². The molecule has 1 aromatic heterocycles. The van der Waals surface area contributed by atoms with Crippen LogP contribution in [0.2, 0.25) is 0 Å². The van der Waals surface area contributed by atoms with Crippen molar-refractivity contribution >= 4 is 0 Å². The van der Waals surface area contributed by atoms with Crippen LogP contribution in [0.25, 0.3) is 0 Å². The number of imidazole rings is 1. The van der Waals surface area contributed by atoms with Gasteiger partial charge in [0.25, 0.3) is 0 Å². The van der Waals surface area contributed by atoms with Crippen LogP contribution in [-0.4, -0.2) is 9.55 Å². The summed E-state index contributed by atoms with van der Waals surface area (Å²) in [4.78, 5) is 4.62. The van der Waals surface area contributed by atoms with E-state index in [-0.39, 0.29) is 0 Å². The first-order chi connectivity index (χ1) is 19.2. The smallest absolute Gasteiger partial charge is 0.0954 e. The third-order valence-electron chi connectivity index (χ3n) is 7.39. The average Bonchev–Trinajstić information content (AvgIpc) is 3.34. The Morgan fingerprint density at radius 2 is 1.35 bits per heavy atom. The summed E-state index contributed by atoms with van der Waals surface area (Å²) in [6.07, 6.45) is 4.00. The number of hydrogen-bond acceptors (Lipinski definition) is 1. The molecule has 0 aliphatic heterocycles. The average molecular weight is 535 g/mol. The van der Waals surface area contributed by atoms with Crippen molar-refractivity contribution in [2.75, 3.05) is 0 Å². The molecule has 1 atom stereocenters. The van der Waals surface area contributed by atoms with Crippen LogP contribution in [0.15, 0.2) is 109 Å². The largest absolute Gasteiger partial charge is 0.330 e. The molecular formula is C38H50N2. The van der Waals surface area contributed by atoms with Gasteiger partial charge in [0, 0.05) is 18.2 Å². The molecule has 0 saturated heterocycles. The predicted molar refractivity (Wildman–Crippen MR) is 175 cm³/mol. The quantitative estimate of drug-likeness (QED) is 0.195. The molecule has 0 aliphatic carbocycles. The Hall–Kier alpha value is -3.65. The second-order valence-electron chi connectivity index (χ2n) is 10.6. The van der Waals surface area contributed by atoms with Gasteiger partial charge < -0.3 is 4.57 Å². The highest BCUT2D eigenvalue weighted by atomic mass is 15.1. The number of aryl methyl sites for hydroxylation is 3. The third kappa shape index (κ3) is 9.23. The topological polar surface area (TPSA) is 17.8 Å². The molecule has 0 saturated carbocycles. The molecule has 0 spiro atoms. The van der Waals surface area contributed by atoms with Crippen LogP contribution >= 0.6 is 0 Å². The van der Waals surface area contributed by atoms with E-state index in [1.54, 1.807) is 0 Å².